The summed E-state index contributed by atoms with van der Waals surface area (Å²) in [5, 5.41) is 0.546. The molecule has 0 saturated heterocycles. The molecule has 0 aliphatic rings. The maximum absolute atomic E-state index is 11.6. The van der Waals surface area contributed by atoms with Gasteiger partial charge in [0, 0.05) is 6.07 Å². The van der Waals surface area contributed by atoms with E-state index in [9.17, 15) is 4.79 Å². The van der Waals surface area contributed by atoms with Crippen molar-refractivity contribution in [3.63, 3.8) is 0 Å². The number of hydrogen-bond acceptors (Lipinski definition) is 5. The molecule has 1 rings (SSSR count). The fourth-order valence-corrected chi connectivity index (χ4v) is 2.49. The quantitative estimate of drug-likeness (QED) is 0.361. The van der Waals surface area contributed by atoms with Gasteiger partial charge in [0.2, 0.25) is 0 Å². The molecule has 4 nitrogen and oxygen atoms in total. The SMILES string of the molecule is CCOC(=O)[C@H](CC)Sc1nc(Cl)cc(Cl)n1. The number of aromatic nitrogens is 2. The molecule has 0 aliphatic carbocycles. The summed E-state index contributed by atoms with van der Waals surface area (Å²) < 4.78 is 4.95. The van der Waals surface area contributed by atoms with Crippen LogP contribution in [0.25, 0.3) is 0 Å². The van der Waals surface area contributed by atoms with E-state index in [1.807, 2.05) is 6.92 Å². The Hall–Kier alpha value is -0.520. The molecule has 1 atom stereocenters. The van der Waals surface area contributed by atoms with Gasteiger partial charge in [-0.3, -0.25) is 4.79 Å². The molecule has 0 N–H and O–H groups in total. The van der Waals surface area contributed by atoms with Crippen LogP contribution >= 0.6 is 35.0 Å². The Kier molecular flexibility index (Phi) is 6.02. The summed E-state index contributed by atoms with van der Waals surface area (Å²) in [6.07, 6.45) is 0.622. The van der Waals surface area contributed by atoms with Gasteiger partial charge in [0.1, 0.15) is 15.6 Å². The number of carbonyl (C=O) groups is 1. The van der Waals surface area contributed by atoms with Gasteiger partial charge in [0.25, 0.3) is 0 Å². The molecule has 7 heteroatoms. The van der Waals surface area contributed by atoms with E-state index < -0.39 is 0 Å². The molecule has 0 bridgehead atoms. The summed E-state index contributed by atoms with van der Waals surface area (Å²) in [4.78, 5) is 19.6. The molecule has 0 spiro atoms. The van der Waals surface area contributed by atoms with E-state index in [0.29, 0.717) is 18.2 Å². The van der Waals surface area contributed by atoms with Gasteiger partial charge in [-0.1, -0.05) is 41.9 Å². The fourth-order valence-electron chi connectivity index (χ4n) is 1.08. The van der Waals surface area contributed by atoms with Gasteiger partial charge in [-0.15, -0.1) is 0 Å². The lowest BCUT2D eigenvalue weighted by atomic mass is 10.3. The van der Waals surface area contributed by atoms with Crippen LogP contribution in [0.1, 0.15) is 20.3 Å². The number of halogens is 2. The van der Waals surface area contributed by atoms with E-state index in [0.717, 1.165) is 0 Å². The van der Waals surface area contributed by atoms with Crippen LogP contribution in [-0.2, 0) is 9.53 Å². The zero-order valence-corrected chi connectivity index (χ0v) is 11.8. The molecule has 1 heterocycles. The third-order valence-corrected chi connectivity index (χ3v) is 3.40. The second-order valence-electron chi connectivity index (χ2n) is 3.06. The van der Waals surface area contributed by atoms with Crippen molar-refractivity contribution in [2.24, 2.45) is 0 Å². The van der Waals surface area contributed by atoms with Crippen molar-refractivity contribution in [2.75, 3.05) is 6.61 Å². The van der Waals surface area contributed by atoms with Crippen LogP contribution in [-0.4, -0.2) is 27.8 Å². The van der Waals surface area contributed by atoms with Gasteiger partial charge in [0.05, 0.1) is 6.61 Å². The molecular weight excluding hydrogens is 283 g/mol. The summed E-state index contributed by atoms with van der Waals surface area (Å²) in [7, 11) is 0. The highest BCUT2D eigenvalue weighted by Gasteiger charge is 2.20. The van der Waals surface area contributed by atoms with Crippen molar-refractivity contribution in [3.8, 4) is 0 Å². The largest absolute Gasteiger partial charge is 0.465 e. The number of thioether (sulfide) groups is 1. The second kappa shape index (κ2) is 7.03. The van der Waals surface area contributed by atoms with Gasteiger partial charge in [-0.25, -0.2) is 9.97 Å². The number of esters is 1. The van der Waals surface area contributed by atoms with Crippen LogP contribution < -0.4 is 0 Å². The lowest BCUT2D eigenvalue weighted by Crippen LogP contribution is -2.19. The molecule has 0 aromatic carbocycles. The smallest absolute Gasteiger partial charge is 0.319 e. The van der Waals surface area contributed by atoms with E-state index >= 15 is 0 Å². The number of carbonyl (C=O) groups excluding carboxylic acids is 1. The number of ether oxygens (including phenoxy) is 1. The molecule has 0 amide bonds. The summed E-state index contributed by atoms with van der Waals surface area (Å²) in [5.41, 5.74) is 0. The molecule has 0 fully saturated rings. The third kappa shape index (κ3) is 4.69. The predicted octanol–water partition coefficient (Wildman–Crippen LogP) is 3.22. The van der Waals surface area contributed by atoms with Crippen LogP contribution in [0.2, 0.25) is 10.3 Å². The standard InChI is InChI=1S/C10H12Cl2N2O2S/c1-3-6(9(15)16-4-2)17-10-13-7(11)5-8(12)14-10/h5-6H,3-4H2,1-2H3/t6-/m0/s1. The zero-order chi connectivity index (χ0) is 12.8. The van der Waals surface area contributed by atoms with Crippen LogP contribution in [0.4, 0.5) is 0 Å². The minimum Gasteiger partial charge on any atom is -0.465 e. The molecule has 17 heavy (non-hydrogen) atoms. The lowest BCUT2D eigenvalue weighted by Gasteiger charge is -2.11. The normalized spacial score (nSPS) is 12.2. The van der Waals surface area contributed by atoms with Crippen LogP contribution in [0.15, 0.2) is 11.2 Å². The number of nitrogens with zero attached hydrogens (tertiary/aromatic N) is 2. The maximum Gasteiger partial charge on any atom is 0.319 e. The minimum atomic E-state index is -0.343. The Balaban J connectivity index is 2.76. The average Bonchev–Trinajstić information content (AvgIpc) is 2.24. The zero-order valence-electron chi connectivity index (χ0n) is 9.44. The van der Waals surface area contributed by atoms with Gasteiger partial charge in [0.15, 0.2) is 5.16 Å². The highest BCUT2D eigenvalue weighted by Crippen LogP contribution is 2.25. The Morgan fingerprint density at radius 1 is 1.41 bits per heavy atom. The molecule has 1 aromatic heterocycles. The molecule has 94 valence electrons. The highest BCUT2D eigenvalue weighted by atomic mass is 35.5. The minimum absolute atomic E-state index is 0.256. The van der Waals surface area contributed by atoms with Crippen LogP contribution in [0.3, 0.4) is 0 Å². The Morgan fingerprint density at radius 2 is 2.00 bits per heavy atom. The van der Waals surface area contributed by atoms with E-state index in [2.05, 4.69) is 9.97 Å². The van der Waals surface area contributed by atoms with E-state index in [-0.39, 0.29) is 21.5 Å². The second-order valence-corrected chi connectivity index (χ2v) is 5.01. The van der Waals surface area contributed by atoms with E-state index in [1.165, 1.54) is 17.8 Å². The van der Waals surface area contributed by atoms with Crippen molar-refractivity contribution >= 4 is 40.9 Å². The average molecular weight is 295 g/mol. The molecule has 0 radical (unpaired) electrons. The molecule has 0 saturated carbocycles. The topological polar surface area (TPSA) is 52.1 Å². The van der Waals surface area contributed by atoms with E-state index in [4.69, 9.17) is 27.9 Å². The summed E-state index contributed by atoms with van der Waals surface area (Å²) in [5.74, 6) is -0.278. The number of hydrogen-bond donors (Lipinski definition) is 0. The first kappa shape index (κ1) is 14.5. The Labute approximate surface area is 114 Å². The molecule has 0 aliphatic heterocycles. The highest BCUT2D eigenvalue weighted by molar-refractivity contribution is 8.00. The predicted molar refractivity (Wildman–Crippen MR) is 68.6 cm³/mol. The van der Waals surface area contributed by atoms with Crippen molar-refractivity contribution in [2.45, 2.75) is 30.7 Å². The van der Waals surface area contributed by atoms with Crippen LogP contribution in [0.5, 0.6) is 0 Å². The Morgan fingerprint density at radius 3 is 2.47 bits per heavy atom. The molecular formula is C10H12Cl2N2O2S. The van der Waals surface area contributed by atoms with Crippen molar-refractivity contribution in [1.82, 2.24) is 9.97 Å². The fraction of sp³-hybridized carbons (Fsp3) is 0.500. The van der Waals surface area contributed by atoms with Gasteiger partial charge in [-0.05, 0) is 13.3 Å². The van der Waals surface area contributed by atoms with Crippen molar-refractivity contribution in [3.05, 3.63) is 16.4 Å². The maximum atomic E-state index is 11.6. The summed E-state index contributed by atoms with van der Waals surface area (Å²) in [6.45, 7) is 4.01. The van der Waals surface area contributed by atoms with E-state index in [1.54, 1.807) is 6.92 Å². The first-order chi connectivity index (χ1) is 8.06. The first-order valence-electron chi connectivity index (χ1n) is 5.10. The van der Waals surface area contributed by atoms with Gasteiger partial charge in [-0.2, -0.15) is 0 Å². The molecule has 0 unspecified atom stereocenters. The summed E-state index contributed by atoms with van der Waals surface area (Å²) >= 11 is 12.7. The Bertz CT molecular complexity index is 384. The monoisotopic (exact) mass is 294 g/mol. The first-order valence-corrected chi connectivity index (χ1v) is 6.73. The summed E-state index contributed by atoms with van der Waals surface area (Å²) in [6, 6.07) is 1.44. The third-order valence-electron chi connectivity index (χ3n) is 1.81. The number of rotatable bonds is 5. The molecule has 1 aromatic rings. The van der Waals surface area contributed by atoms with Crippen molar-refractivity contribution < 1.29 is 9.53 Å². The van der Waals surface area contributed by atoms with Crippen LogP contribution in [0, 0.1) is 0 Å². The van der Waals surface area contributed by atoms with Gasteiger partial charge < -0.3 is 4.74 Å². The van der Waals surface area contributed by atoms with Gasteiger partial charge >= 0.3 is 5.97 Å². The van der Waals surface area contributed by atoms with Crippen molar-refractivity contribution in [1.29, 1.82) is 0 Å². The lowest BCUT2D eigenvalue weighted by molar-refractivity contribution is -0.142.